The van der Waals surface area contributed by atoms with Gasteiger partial charge in [-0.3, -0.25) is 4.72 Å². The smallest absolute Gasteiger partial charge is 0.301 e. The number of ether oxygens (including phenoxy) is 1. The van der Waals surface area contributed by atoms with Gasteiger partial charge < -0.3 is 10.5 Å². The molecule has 1 aliphatic heterocycles. The van der Waals surface area contributed by atoms with Gasteiger partial charge in [0.05, 0.1) is 12.8 Å². The molecule has 1 fully saturated rings. The van der Waals surface area contributed by atoms with Gasteiger partial charge in [0, 0.05) is 13.1 Å². The van der Waals surface area contributed by atoms with Gasteiger partial charge in [-0.1, -0.05) is 0 Å². The first-order chi connectivity index (χ1) is 9.96. The summed E-state index contributed by atoms with van der Waals surface area (Å²) >= 11 is 0. The molecule has 0 bridgehead atoms. The Hall–Kier alpha value is -1.31. The predicted molar refractivity (Wildman–Crippen MR) is 83.6 cm³/mol. The van der Waals surface area contributed by atoms with E-state index in [2.05, 4.69) is 4.72 Å². The van der Waals surface area contributed by atoms with E-state index in [9.17, 15) is 8.42 Å². The summed E-state index contributed by atoms with van der Waals surface area (Å²) in [4.78, 5) is 0. The number of anilines is 1. The minimum atomic E-state index is -3.50. The summed E-state index contributed by atoms with van der Waals surface area (Å²) < 4.78 is 34.0. The fraction of sp³-hybridized carbons (Fsp3) is 0.571. The second-order valence-electron chi connectivity index (χ2n) is 5.37. The van der Waals surface area contributed by atoms with Crippen LogP contribution in [0.1, 0.15) is 18.4 Å². The van der Waals surface area contributed by atoms with Crippen molar-refractivity contribution < 1.29 is 13.2 Å². The molecule has 118 valence electrons. The molecule has 1 saturated heterocycles. The van der Waals surface area contributed by atoms with E-state index in [-0.39, 0.29) is 0 Å². The molecule has 0 radical (unpaired) electrons. The summed E-state index contributed by atoms with van der Waals surface area (Å²) in [6.07, 6.45) is 1.64. The van der Waals surface area contributed by atoms with Crippen LogP contribution in [0.4, 0.5) is 5.69 Å². The number of nitrogens with one attached hydrogen (secondary N) is 1. The first-order valence-corrected chi connectivity index (χ1v) is 8.53. The third-order valence-electron chi connectivity index (χ3n) is 3.89. The third-order valence-corrected chi connectivity index (χ3v) is 5.43. The quantitative estimate of drug-likeness (QED) is 0.859. The van der Waals surface area contributed by atoms with Gasteiger partial charge in [0.25, 0.3) is 0 Å². The molecule has 0 saturated carbocycles. The van der Waals surface area contributed by atoms with Gasteiger partial charge >= 0.3 is 10.2 Å². The fourth-order valence-electron chi connectivity index (χ4n) is 2.54. The lowest BCUT2D eigenvalue weighted by Crippen LogP contribution is -2.42. The maximum atomic E-state index is 12.4. The van der Waals surface area contributed by atoms with Crippen LogP contribution in [0.2, 0.25) is 0 Å². The Kier molecular flexibility index (Phi) is 5.08. The maximum absolute atomic E-state index is 12.4. The Morgan fingerprint density at radius 2 is 2.05 bits per heavy atom. The lowest BCUT2D eigenvalue weighted by Gasteiger charge is -2.30. The molecule has 0 amide bonds. The van der Waals surface area contributed by atoms with E-state index in [1.54, 1.807) is 25.3 Å². The van der Waals surface area contributed by atoms with Crippen molar-refractivity contribution in [3.05, 3.63) is 23.8 Å². The minimum Gasteiger partial charge on any atom is -0.496 e. The van der Waals surface area contributed by atoms with Gasteiger partial charge in [0.2, 0.25) is 0 Å². The molecule has 0 spiro atoms. The van der Waals surface area contributed by atoms with E-state index in [0.717, 1.165) is 24.2 Å². The number of piperidine rings is 1. The van der Waals surface area contributed by atoms with Crippen LogP contribution < -0.4 is 15.2 Å². The number of rotatable bonds is 5. The van der Waals surface area contributed by atoms with Crippen LogP contribution in [0.3, 0.4) is 0 Å². The Bertz CT molecular complexity index is 581. The molecule has 0 unspecified atom stereocenters. The van der Waals surface area contributed by atoms with Crippen LogP contribution in [-0.4, -0.2) is 39.5 Å². The van der Waals surface area contributed by atoms with Gasteiger partial charge in [0.15, 0.2) is 0 Å². The normalized spacial score (nSPS) is 17.7. The van der Waals surface area contributed by atoms with E-state index in [4.69, 9.17) is 10.5 Å². The molecular formula is C14H23N3O3S. The maximum Gasteiger partial charge on any atom is 0.301 e. The zero-order valence-corrected chi connectivity index (χ0v) is 13.3. The molecule has 1 aromatic carbocycles. The highest BCUT2D eigenvalue weighted by molar-refractivity contribution is 7.90. The summed E-state index contributed by atoms with van der Waals surface area (Å²) in [5.74, 6) is 1.17. The lowest BCUT2D eigenvalue weighted by atomic mass is 9.99. The van der Waals surface area contributed by atoms with E-state index in [1.807, 2.05) is 6.92 Å². The molecular weight excluding hydrogens is 290 g/mol. The molecule has 1 aromatic rings. The third kappa shape index (κ3) is 3.87. The molecule has 7 heteroatoms. The Labute approximate surface area is 126 Å². The number of hydrogen-bond donors (Lipinski definition) is 2. The van der Waals surface area contributed by atoms with Gasteiger partial charge in [-0.05, 0) is 56.0 Å². The summed E-state index contributed by atoms with van der Waals surface area (Å²) in [6.45, 7) is 3.54. The molecule has 0 aliphatic carbocycles. The highest BCUT2D eigenvalue weighted by Gasteiger charge is 2.27. The average molecular weight is 313 g/mol. The Morgan fingerprint density at radius 1 is 1.38 bits per heavy atom. The number of methoxy groups -OCH3 is 1. The lowest BCUT2D eigenvalue weighted by molar-refractivity contribution is 0.280. The number of hydrogen-bond acceptors (Lipinski definition) is 4. The molecule has 1 aliphatic rings. The number of nitrogens with two attached hydrogens (primary N) is 1. The van der Waals surface area contributed by atoms with Crippen molar-refractivity contribution in [3.63, 3.8) is 0 Å². The molecule has 0 aromatic heterocycles. The zero-order valence-electron chi connectivity index (χ0n) is 12.5. The van der Waals surface area contributed by atoms with Crippen molar-refractivity contribution in [2.45, 2.75) is 19.8 Å². The second-order valence-corrected chi connectivity index (χ2v) is 7.04. The van der Waals surface area contributed by atoms with Crippen LogP contribution in [-0.2, 0) is 10.2 Å². The average Bonchev–Trinajstić information content (AvgIpc) is 2.47. The van der Waals surface area contributed by atoms with Crippen molar-refractivity contribution in [2.24, 2.45) is 11.7 Å². The van der Waals surface area contributed by atoms with Crippen LogP contribution in [0.5, 0.6) is 5.75 Å². The van der Waals surface area contributed by atoms with Gasteiger partial charge in [0.1, 0.15) is 5.75 Å². The number of aryl methyl sites for hydroxylation is 1. The van der Waals surface area contributed by atoms with Crippen molar-refractivity contribution in [1.29, 1.82) is 0 Å². The zero-order chi connectivity index (χ0) is 15.5. The SMILES string of the molecule is COc1ccc(NS(=O)(=O)N2CCC(CN)CC2)cc1C. The molecule has 6 nitrogen and oxygen atoms in total. The molecule has 1 heterocycles. The Morgan fingerprint density at radius 3 is 2.57 bits per heavy atom. The minimum absolute atomic E-state index is 0.430. The first-order valence-electron chi connectivity index (χ1n) is 7.09. The van der Waals surface area contributed by atoms with Crippen molar-refractivity contribution in [3.8, 4) is 5.75 Å². The first kappa shape index (κ1) is 16.1. The van der Waals surface area contributed by atoms with Gasteiger partial charge in [-0.2, -0.15) is 12.7 Å². The van der Waals surface area contributed by atoms with Crippen LogP contribution >= 0.6 is 0 Å². The van der Waals surface area contributed by atoms with Crippen LogP contribution in [0.25, 0.3) is 0 Å². The molecule has 21 heavy (non-hydrogen) atoms. The standard InChI is InChI=1S/C14H23N3O3S/c1-11-9-13(3-4-14(11)20-2)16-21(18,19)17-7-5-12(10-15)6-8-17/h3-4,9,12,16H,5-8,10,15H2,1-2H3. The van der Waals surface area contributed by atoms with Crippen molar-refractivity contribution >= 4 is 15.9 Å². The molecule has 3 N–H and O–H groups in total. The highest BCUT2D eigenvalue weighted by Crippen LogP contribution is 2.24. The summed E-state index contributed by atoms with van der Waals surface area (Å²) in [5.41, 5.74) is 7.07. The van der Waals surface area contributed by atoms with E-state index < -0.39 is 10.2 Å². The largest absolute Gasteiger partial charge is 0.496 e. The predicted octanol–water partition coefficient (Wildman–Crippen LogP) is 1.33. The van der Waals surface area contributed by atoms with E-state index >= 15 is 0 Å². The summed E-state index contributed by atoms with van der Waals surface area (Å²) in [5, 5.41) is 0. The summed E-state index contributed by atoms with van der Waals surface area (Å²) in [7, 11) is -1.91. The van der Waals surface area contributed by atoms with Gasteiger partial charge in [-0.15, -0.1) is 0 Å². The van der Waals surface area contributed by atoms with Crippen LogP contribution in [0, 0.1) is 12.8 Å². The van der Waals surface area contributed by atoms with Crippen LogP contribution in [0.15, 0.2) is 18.2 Å². The van der Waals surface area contributed by atoms with Crippen molar-refractivity contribution in [2.75, 3.05) is 31.5 Å². The fourth-order valence-corrected chi connectivity index (χ4v) is 3.79. The monoisotopic (exact) mass is 313 g/mol. The topological polar surface area (TPSA) is 84.7 Å². The van der Waals surface area contributed by atoms with E-state index in [0.29, 0.717) is 31.2 Å². The number of benzene rings is 1. The second kappa shape index (κ2) is 6.64. The Balaban J connectivity index is 2.06. The number of nitrogens with zero attached hydrogens (tertiary/aromatic N) is 1. The molecule has 2 rings (SSSR count). The highest BCUT2D eigenvalue weighted by atomic mass is 32.2. The summed E-state index contributed by atoms with van der Waals surface area (Å²) in [6, 6.07) is 5.23. The molecule has 0 atom stereocenters. The van der Waals surface area contributed by atoms with E-state index in [1.165, 1.54) is 4.31 Å². The van der Waals surface area contributed by atoms with Gasteiger partial charge in [-0.25, -0.2) is 0 Å². The van der Waals surface area contributed by atoms with Crippen molar-refractivity contribution in [1.82, 2.24) is 4.31 Å².